The fraction of sp³-hybridized carbons (Fsp3) is 0. The minimum absolute atomic E-state index is 0.285. The number of rotatable bonds is 2. The molecule has 0 atom stereocenters. The molecule has 0 aliphatic heterocycles. The number of nitro groups is 1. The van der Waals surface area contributed by atoms with Crippen LogP contribution in [0, 0.1) is 10.1 Å². The summed E-state index contributed by atoms with van der Waals surface area (Å²) in [5, 5.41) is 10.1. The molecular weight excluding hydrogens is 206 g/mol. The van der Waals surface area contributed by atoms with Gasteiger partial charge in [0.25, 0.3) is 0 Å². The Morgan fingerprint density at radius 2 is 2.07 bits per heavy atom. The van der Waals surface area contributed by atoms with Crippen molar-refractivity contribution in [1.82, 2.24) is 0 Å². The van der Waals surface area contributed by atoms with E-state index >= 15 is 0 Å². The molecule has 0 aromatic heterocycles. The van der Waals surface area contributed by atoms with Gasteiger partial charge in [-0.2, -0.15) is 5.90 Å². The van der Waals surface area contributed by atoms with Crippen LogP contribution in [0.2, 0.25) is 0 Å². The number of hydrazine groups is 1. The number of para-hydroxylation sites is 1. The first-order valence-corrected chi connectivity index (χ1v) is 3.98. The summed E-state index contributed by atoms with van der Waals surface area (Å²) < 4.78 is 0. The molecule has 0 aliphatic carbocycles. The highest BCUT2D eigenvalue weighted by Gasteiger charge is 2.23. The van der Waals surface area contributed by atoms with Crippen molar-refractivity contribution in [3.8, 4) is 0 Å². The second-order valence-electron chi connectivity index (χ2n) is 2.27. The smallest absolute Gasteiger partial charge is 0.346 e. The molecule has 7 heteroatoms. The Hall–Kier alpha value is -1.73. The molecule has 0 amide bonds. The molecule has 1 aromatic carbocycles. The molecule has 0 saturated heterocycles. The van der Waals surface area contributed by atoms with Crippen molar-refractivity contribution in [1.29, 1.82) is 0 Å². The summed E-state index contributed by atoms with van der Waals surface area (Å²) in [4.78, 5) is 14.8. The summed E-state index contributed by atoms with van der Waals surface area (Å²) in [6, 6.07) is 8.06. The van der Waals surface area contributed by atoms with Gasteiger partial charge in [0.1, 0.15) is 5.69 Å². The Balaban J connectivity index is 3.01. The van der Waals surface area contributed by atoms with E-state index in [1.807, 2.05) is 0 Å². The average molecular weight is 213 g/mol. The third kappa shape index (κ3) is 2.15. The zero-order valence-corrected chi connectivity index (χ0v) is 7.81. The second-order valence-corrected chi connectivity index (χ2v) is 2.62. The number of nitrogens with two attached hydrogens (primary N) is 1. The van der Waals surface area contributed by atoms with E-state index in [2.05, 4.69) is 17.1 Å². The maximum atomic E-state index is 10.6. The van der Waals surface area contributed by atoms with Gasteiger partial charge in [0.2, 0.25) is 0 Å². The van der Waals surface area contributed by atoms with E-state index in [9.17, 15) is 10.1 Å². The summed E-state index contributed by atoms with van der Waals surface area (Å²) in [7, 11) is 0. The summed E-state index contributed by atoms with van der Waals surface area (Å²) in [6.45, 7) is 0. The van der Waals surface area contributed by atoms with Crippen LogP contribution in [0.15, 0.2) is 30.3 Å². The molecule has 0 saturated carbocycles. The largest absolute Gasteiger partial charge is 0.375 e. The van der Waals surface area contributed by atoms with Gasteiger partial charge in [-0.1, -0.05) is 18.2 Å². The van der Waals surface area contributed by atoms with Gasteiger partial charge in [0.15, 0.2) is 5.03 Å². The van der Waals surface area contributed by atoms with Crippen molar-refractivity contribution < 1.29 is 9.87 Å². The summed E-state index contributed by atoms with van der Waals surface area (Å²) >= 11 is 4.57. The van der Waals surface area contributed by atoms with Gasteiger partial charge in [-0.15, -0.1) is 0 Å². The fourth-order valence-electron chi connectivity index (χ4n) is 0.885. The number of nitrogens with zero attached hydrogens (tertiary/aromatic N) is 2. The van der Waals surface area contributed by atoms with E-state index < -0.39 is 10.2 Å². The maximum Gasteiger partial charge on any atom is 0.346 e. The quantitative estimate of drug-likeness (QED) is 0.445. The van der Waals surface area contributed by atoms with Gasteiger partial charge in [-0.3, -0.25) is 0 Å². The SMILES string of the molecule is NOC(=S)N(c1ccccc1)[N+](=O)[O-]. The molecule has 1 rings (SSSR count). The molecular formula is C7H7N3O3S. The van der Waals surface area contributed by atoms with Crippen LogP contribution < -0.4 is 10.9 Å². The lowest BCUT2D eigenvalue weighted by molar-refractivity contribution is -0.481. The van der Waals surface area contributed by atoms with Crippen molar-refractivity contribution in [2.45, 2.75) is 0 Å². The summed E-state index contributed by atoms with van der Waals surface area (Å²) in [5.74, 6) is 4.76. The minimum atomic E-state index is -0.704. The predicted octanol–water partition coefficient (Wildman–Crippen LogP) is 0.860. The lowest BCUT2D eigenvalue weighted by Crippen LogP contribution is -2.37. The van der Waals surface area contributed by atoms with Gasteiger partial charge in [-0.25, -0.2) is 10.1 Å². The minimum Gasteiger partial charge on any atom is -0.375 e. The molecule has 0 spiro atoms. The lowest BCUT2D eigenvalue weighted by Gasteiger charge is -2.11. The van der Waals surface area contributed by atoms with Gasteiger partial charge in [0, 0.05) is 0 Å². The molecule has 74 valence electrons. The van der Waals surface area contributed by atoms with Crippen LogP contribution in [0.4, 0.5) is 5.69 Å². The third-order valence-electron chi connectivity index (χ3n) is 1.44. The molecule has 14 heavy (non-hydrogen) atoms. The number of hydrogen-bond donors (Lipinski definition) is 1. The first-order valence-electron chi connectivity index (χ1n) is 3.57. The first-order chi connectivity index (χ1) is 6.66. The molecule has 1 aromatic rings. The van der Waals surface area contributed by atoms with E-state index in [1.165, 1.54) is 12.1 Å². The van der Waals surface area contributed by atoms with Crippen LogP contribution in [0.1, 0.15) is 0 Å². The van der Waals surface area contributed by atoms with E-state index in [-0.39, 0.29) is 5.69 Å². The lowest BCUT2D eigenvalue weighted by atomic mass is 10.3. The van der Waals surface area contributed by atoms with Crippen molar-refractivity contribution in [3.05, 3.63) is 40.4 Å². The molecule has 2 N–H and O–H groups in total. The zero-order valence-electron chi connectivity index (χ0n) is 6.99. The van der Waals surface area contributed by atoms with Crippen molar-refractivity contribution in [2.24, 2.45) is 5.90 Å². The van der Waals surface area contributed by atoms with E-state index in [0.717, 1.165) is 0 Å². The highest BCUT2D eigenvalue weighted by molar-refractivity contribution is 7.80. The van der Waals surface area contributed by atoms with E-state index in [1.54, 1.807) is 18.2 Å². The van der Waals surface area contributed by atoms with Crippen LogP contribution in [0.3, 0.4) is 0 Å². The Morgan fingerprint density at radius 3 is 2.50 bits per heavy atom. The monoisotopic (exact) mass is 213 g/mol. The predicted molar refractivity (Wildman–Crippen MR) is 53.8 cm³/mol. The van der Waals surface area contributed by atoms with Gasteiger partial charge >= 0.3 is 5.17 Å². The van der Waals surface area contributed by atoms with Crippen molar-refractivity contribution >= 4 is 23.1 Å². The van der Waals surface area contributed by atoms with Crippen LogP contribution in [0.5, 0.6) is 0 Å². The molecule has 6 nitrogen and oxygen atoms in total. The van der Waals surface area contributed by atoms with Gasteiger partial charge < -0.3 is 4.84 Å². The van der Waals surface area contributed by atoms with Gasteiger partial charge in [-0.05, 0) is 29.4 Å². The second kappa shape index (κ2) is 4.49. The summed E-state index contributed by atoms with van der Waals surface area (Å²) in [6.07, 6.45) is 0. The fourth-order valence-corrected chi connectivity index (χ4v) is 1.06. The topological polar surface area (TPSA) is 81.6 Å². The maximum absolute atomic E-state index is 10.6. The Kier molecular flexibility index (Phi) is 3.32. The average Bonchev–Trinajstić information content (AvgIpc) is 2.19. The molecule has 0 radical (unpaired) electrons. The Morgan fingerprint density at radius 1 is 1.50 bits per heavy atom. The standard InChI is InChI=1S/C7H7N3O3S/c8-13-7(14)9(10(11)12)6-4-2-1-3-5-6/h1-5H,8H2. The van der Waals surface area contributed by atoms with E-state index in [4.69, 9.17) is 5.90 Å². The zero-order chi connectivity index (χ0) is 10.6. The number of benzene rings is 1. The Bertz CT molecular complexity index is 343. The highest BCUT2D eigenvalue weighted by atomic mass is 32.1. The molecule has 0 fully saturated rings. The normalized spacial score (nSPS) is 9.21. The molecule has 0 bridgehead atoms. The third-order valence-corrected chi connectivity index (χ3v) is 1.71. The number of anilines is 1. The van der Waals surface area contributed by atoms with Crippen molar-refractivity contribution in [3.63, 3.8) is 0 Å². The Labute approximate surface area is 84.9 Å². The molecule has 0 aliphatic rings. The van der Waals surface area contributed by atoms with Crippen molar-refractivity contribution in [2.75, 3.05) is 5.01 Å². The van der Waals surface area contributed by atoms with E-state index in [0.29, 0.717) is 5.01 Å². The molecule has 0 heterocycles. The molecule has 0 unspecified atom stereocenters. The van der Waals surface area contributed by atoms with Crippen LogP contribution in [0.25, 0.3) is 0 Å². The van der Waals surface area contributed by atoms with Gasteiger partial charge in [0.05, 0.1) is 0 Å². The van der Waals surface area contributed by atoms with Crippen LogP contribution in [-0.2, 0) is 4.84 Å². The van der Waals surface area contributed by atoms with Crippen LogP contribution in [-0.4, -0.2) is 10.2 Å². The summed E-state index contributed by atoms with van der Waals surface area (Å²) in [5.41, 5.74) is 0.285. The first kappa shape index (κ1) is 10.4. The number of thiocarbonyl (C=S) groups is 1. The number of hydrogen-bond acceptors (Lipinski definition) is 5. The highest BCUT2D eigenvalue weighted by Crippen LogP contribution is 2.13. The van der Waals surface area contributed by atoms with Crippen LogP contribution >= 0.6 is 12.2 Å².